The Kier molecular flexibility index (Phi) is 5.66. The Morgan fingerprint density at radius 1 is 1.20 bits per heavy atom. The smallest absolute Gasteiger partial charge is 0.283 e. The molecule has 0 aliphatic rings. The zero-order chi connectivity index (χ0) is 10.9. The first-order valence-electron chi connectivity index (χ1n) is 5.71. The van der Waals surface area contributed by atoms with Crippen LogP contribution in [0.25, 0.3) is 0 Å². The highest BCUT2D eigenvalue weighted by Crippen LogP contribution is 2.05. The number of unbranched alkanes of at least 4 members (excludes halogenated alkanes) is 5. The van der Waals surface area contributed by atoms with Gasteiger partial charge in [-0.1, -0.05) is 39.0 Å². The van der Waals surface area contributed by atoms with Gasteiger partial charge in [-0.2, -0.15) is 4.98 Å². The number of rotatable bonds is 7. The maximum atomic E-state index is 11.2. The SMILES string of the molecule is CCCCCCCCn1cncnc1=O. The van der Waals surface area contributed by atoms with Crippen LogP contribution in [0.2, 0.25) is 0 Å². The Morgan fingerprint density at radius 3 is 2.67 bits per heavy atom. The normalized spacial score (nSPS) is 10.5. The molecule has 84 valence electrons. The minimum atomic E-state index is -0.196. The number of aryl methyl sites for hydroxylation is 1. The molecular weight excluding hydrogens is 190 g/mol. The Labute approximate surface area is 90.4 Å². The van der Waals surface area contributed by atoms with Gasteiger partial charge in [0.2, 0.25) is 0 Å². The molecule has 0 bridgehead atoms. The number of hydrogen-bond donors (Lipinski definition) is 0. The molecule has 0 saturated heterocycles. The summed E-state index contributed by atoms with van der Waals surface area (Å²) in [5.74, 6) is 0. The van der Waals surface area contributed by atoms with Crippen LogP contribution in [0.4, 0.5) is 0 Å². The van der Waals surface area contributed by atoms with Gasteiger partial charge in [0.15, 0.2) is 0 Å². The molecule has 1 heterocycles. The van der Waals surface area contributed by atoms with E-state index in [2.05, 4.69) is 16.9 Å². The van der Waals surface area contributed by atoms with Crippen molar-refractivity contribution in [2.75, 3.05) is 0 Å². The van der Waals surface area contributed by atoms with Crippen LogP contribution in [-0.2, 0) is 6.54 Å². The Morgan fingerprint density at radius 2 is 1.93 bits per heavy atom. The van der Waals surface area contributed by atoms with Crippen LogP contribution in [0.3, 0.4) is 0 Å². The van der Waals surface area contributed by atoms with Crippen LogP contribution in [0.1, 0.15) is 45.4 Å². The Hall–Kier alpha value is -1.19. The summed E-state index contributed by atoms with van der Waals surface area (Å²) in [5, 5.41) is 0. The highest BCUT2D eigenvalue weighted by Gasteiger charge is 1.95. The highest BCUT2D eigenvalue weighted by molar-refractivity contribution is 4.65. The van der Waals surface area contributed by atoms with Crippen LogP contribution in [-0.4, -0.2) is 14.5 Å². The molecule has 0 atom stereocenters. The molecule has 1 aromatic rings. The van der Waals surface area contributed by atoms with E-state index in [4.69, 9.17) is 0 Å². The average Bonchev–Trinajstić information content (AvgIpc) is 2.25. The lowest BCUT2D eigenvalue weighted by atomic mass is 10.1. The molecule has 0 amide bonds. The molecule has 0 unspecified atom stereocenters. The van der Waals surface area contributed by atoms with Crippen molar-refractivity contribution in [3.63, 3.8) is 0 Å². The van der Waals surface area contributed by atoms with Crippen LogP contribution >= 0.6 is 0 Å². The van der Waals surface area contributed by atoms with Crippen LogP contribution in [0.15, 0.2) is 17.4 Å². The van der Waals surface area contributed by atoms with E-state index in [9.17, 15) is 4.79 Å². The molecule has 0 saturated carbocycles. The quantitative estimate of drug-likeness (QED) is 0.645. The first-order valence-corrected chi connectivity index (χ1v) is 5.71. The molecule has 0 spiro atoms. The lowest BCUT2D eigenvalue weighted by Gasteiger charge is -2.03. The molecule has 1 aromatic heterocycles. The molecule has 0 aliphatic carbocycles. The van der Waals surface area contributed by atoms with E-state index in [0.717, 1.165) is 13.0 Å². The monoisotopic (exact) mass is 209 g/mol. The van der Waals surface area contributed by atoms with E-state index >= 15 is 0 Å². The van der Waals surface area contributed by atoms with Gasteiger partial charge in [-0.25, -0.2) is 9.78 Å². The third-order valence-electron chi connectivity index (χ3n) is 2.44. The summed E-state index contributed by atoms with van der Waals surface area (Å²) in [6.07, 6.45) is 10.2. The Balaban J connectivity index is 2.15. The van der Waals surface area contributed by atoms with Gasteiger partial charge in [0.1, 0.15) is 12.7 Å². The summed E-state index contributed by atoms with van der Waals surface area (Å²) in [4.78, 5) is 18.6. The van der Waals surface area contributed by atoms with E-state index in [1.54, 1.807) is 10.9 Å². The van der Waals surface area contributed by atoms with E-state index < -0.39 is 0 Å². The average molecular weight is 209 g/mol. The zero-order valence-corrected chi connectivity index (χ0v) is 9.35. The molecule has 0 aromatic carbocycles. The molecule has 1 rings (SSSR count). The molecule has 15 heavy (non-hydrogen) atoms. The van der Waals surface area contributed by atoms with Crippen molar-refractivity contribution in [2.24, 2.45) is 0 Å². The number of nitrogens with zero attached hydrogens (tertiary/aromatic N) is 3. The fraction of sp³-hybridized carbons (Fsp3) is 0.727. The summed E-state index contributed by atoms with van der Waals surface area (Å²) in [6, 6.07) is 0. The molecule has 0 aliphatic heterocycles. The second kappa shape index (κ2) is 7.15. The largest absolute Gasteiger partial charge is 0.350 e. The summed E-state index contributed by atoms with van der Waals surface area (Å²) in [5.41, 5.74) is -0.196. The second-order valence-electron chi connectivity index (χ2n) is 3.75. The predicted molar refractivity (Wildman–Crippen MR) is 59.7 cm³/mol. The minimum absolute atomic E-state index is 0.196. The van der Waals surface area contributed by atoms with Crippen molar-refractivity contribution in [2.45, 2.75) is 52.0 Å². The molecule has 0 N–H and O–H groups in total. The van der Waals surface area contributed by atoms with E-state index in [-0.39, 0.29) is 5.69 Å². The van der Waals surface area contributed by atoms with Gasteiger partial charge >= 0.3 is 5.69 Å². The third kappa shape index (κ3) is 4.72. The molecule has 4 heteroatoms. The molecular formula is C11H19N3O. The van der Waals surface area contributed by atoms with Gasteiger partial charge in [0, 0.05) is 6.54 Å². The molecule has 0 fully saturated rings. The summed E-state index contributed by atoms with van der Waals surface area (Å²) < 4.78 is 1.57. The van der Waals surface area contributed by atoms with E-state index in [1.807, 2.05) is 0 Å². The predicted octanol–water partition coefficient (Wildman–Crippen LogP) is 2.00. The van der Waals surface area contributed by atoms with Crippen LogP contribution in [0.5, 0.6) is 0 Å². The second-order valence-corrected chi connectivity index (χ2v) is 3.75. The lowest BCUT2D eigenvalue weighted by Crippen LogP contribution is -2.22. The topological polar surface area (TPSA) is 47.8 Å². The zero-order valence-electron chi connectivity index (χ0n) is 9.35. The van der Waals surface area contributed by atoms with Gasteiger partial charge in [0.25, 0.3) is 0 Å². The fourth-order valence-electron chi connectivity index (χ4n) is 1.53. The van der Waals surface area contributed by atoms with E-state index in [0.29, 0.717) is 0 Å². The van der Waals surface area contributed by atoms with Gasteiger partial charge in [0.05, 0.1) is 0 Å². The number of aromatic nitrogens is 3. The van der Waals surface area contributed by atoms with Crippen molar-refractivity contribution in [1.29, 1.82) is 0 Å². The molecule has 0 radical (unpaired) electrons. The standard InChI is InChI=1S/C11H19N3O/c1-2-3-4-5-6-7-8-14-10-12-9-13-11(14)15/h9-10H,2-8H2,1H3. The first-order chi connectivity index (χ1) is 7.34. The van der Waals surface area contributed by atoms with Gasteiger partial charge in [-0.15, -0.1) is 0 Å². The minimum Gasteiger partial charge on any atom is -0.283 e. The van der Waals surface area contributed by atoms with Crippen molar-refractivity contribution < 1.29 is 0 Å². The highest BCUT2D eigenvalue weighted by atomic mass is 16.1. The van der Waals surface area contributed by atoms with Gasteiger partial charge in [-0.05, 0) is 6.42 Å². The van der Waals surface area contributed by atoms with E-state index in [1.165, 1.54) is 38.4 Å². The van der Waals surface area contributed by atoms with Gasteiger partial charge in [-0.3, -0.25) is 4.57 Å². The van der Waals surface area contributed by atoms with Crippen molar-refractivity contribution in [1.82, 2.24) is 14.5 Å². The van der Waals surface area contributed by atoms with Crippen molar-refractivity contribution in [3.05, 3.63) is 23.1 Å². The maximum Gasteiger partial charge on any atom is 0.350 e. The number of hydrogen-bond acceptors (Lipinski definition) is 3. The van der Waals surface area contributed by atoms with Gasteiger partial charge < -0.3 is 0 Å². The van der Waals surface area contributed by atoms with Crippen LogP contribution in [0, 0.1) is 0 Å². The lowest BCUT2D eigenvalue weighted by molar-refractivity contribution is 0.537. The maximum absolute atomic E-state index is 11.2. The molecule has 4 nitrogen and oxygen atoms in total. The third-order valence-corrected chi connectivity index (χ3v) is 2.44. The Bertz CT molecular complexity index is 322. The summed E-state index contributed by atoms with van der Waals surface area (Å²) in [7, 11) is 0. The summed E-state index contributed by atoms with van der Waals surface area (Å²) >= 11 is 0. The first kappa shape index (κ1) is 11.9. The van der Waals surface area contributed by atoms with Crippen molar-refractivity contribution in [3.8, 4) is 0 Å². The van der Waals surface area contributed by atoms with Crippen molar-refractivity contribution >= 4 is 0 Å². The fourth-order valence-corrected chi connectivity index (χ4v) is 1.53. The summed E-state index contributed by atoms with van der Waals surface area (Å²) in [6.45, 7) is 2.95. The van der Waals surface area contributed by atoms with Crippen LogP contribution < -0.4 is 5.69 Å².